The largest absolute Gasteiger partial charge is 0.318 e. The summed E-state index contributed by atoms with van der Waals surface area (Å²) in [4.78, 5) is 0.881. The Hall–Kier alpha value is -2.21. The molecule has 0 saturated heterocycles. The SMILES string of the molecule is Cc1nn(C)c(C)c1/C=N\N=c1\sc2ccccc2n1C. The van der Waals surface area contributed by atoms with E-state index in [1.54, 1.807) is 17.6 Å². The Kier molecular flexibility index (Phi) is 3.47. The van der Waals surface area contributed by atoms with Crippen LogP contribution in [0.2, 0.25) is 0 Å². The zero-order valence-electron chi connectivity index (χ0n) is 12.5. The summed E-state index contributed by atoms with van der Waals surface area (Å²) < 4.78 is 5.12. The minimum atomic E-state index is 0.881. The Morgan fingerprint density at radius 3 is 2.62 bits per heavy atom. The molecule has 3 rings (SSSR count). The number of nitrogens with zero attached hydrogens (tertiary/aromatic N) is 5. The fraction of sp³-hybridized carbons (Fsp3) is 0.267. The molecule has 108 valence electrons. The van der Waals surface area contributed by atoms with Crippen LogP contribution in [0.3, 0.4) is 0 Å². The molecule has 0 saturated carbocycles. The number of fused-ring (bicyclic) bond motifs is 1. The number of rotatable bonds is 2. The van der Waals surface area contributed by atoms with Crippen molar-refractivity contribution < 1.29 is 0 Å². The lowest BCUT2D eigenvalue weighted by Crippen LogP contribution is -2.08. The first-order chi connectivity index (χ1) is 10.1. The van der Waals surface area contributed by atoms with Gasteiger partial charge in [-0.05, 0) is 26.0 Å². The molecule has 0 N–H and O–H groups in total. The van der Waals surface area contributed by atoms with Crippen LogP contribution in [0.1, 0.15) is 17.0 Å². The maximum Gasteiger partial charge on any atom is 0.211 e. The van der Waals surface area contributed by atoms with Crippen LogP contribution in [0.5, 0.6) is 0 Å². The minimum absolute atomic E-state index is 0.881. The van der Waals surface area contributed by atoms with Crippen molar-refractivity contribution in [3.63, 3.8) is 0 Å². The number of hydrogen-bond acceptors (Lipinski definition) is 4. The first-order valence-corrected chi connectivity index (χ1v) is 7.51. The standard InChI is InChI=1S/C15H17N5S/c1-10-12(11(2)20(4)18-10)9-16-17-15-19(3)13-7-5-6-8-14(13)21-15/h5-9H,1-4H3/b16-9-,17-15+. The summed E-state index contributed by atoms with van der Waals surface area (Å²) in [5, 5.41) is 13.0. The number of hydrogen-bond donors (Lipinski definition) is 0. The van der Waals surface area contributed by atoms with Gasteiger partial charge in [0.1, 0.15) is 0 Å². The van der Waals surface area contributed by atoms with Crippen LogP contribution >= 0.6 is 11.3 Å². The molecule has 21 heavy (non-hydrogen) atoms. The summed E-state index contributed by atoms with van der Waals surface area (Å²) in [5.41, 5.74) is 4.26. The molecular weight excluding hydrogens is 282 g/mol. The van der Waals surface area contributed by atoms with Crippen molar-refractivity contribution in [2.75, 3.05) is 0 Å². The van der Waals surface area contributed by atoms with Crippen molar-refractivity contribution in [3.05, 3.63) is 46.0 Å². The van der Waals surface area contributed by atoms with Gasteiger partial charge < -0.3 is 4.57 Å². The number of benzene rings is 1. The Morgan fingerprint density at radius 2 is 1.95 bits per heavy atom. The summed E-state index contributed by atoms with van der Waals surface area (Å²) in [6.45, 7) is 4.01. The molecule has 5 nitrogen and oxygen atoms in total. The Morgan fingerprint density at radius 1 is 1.19 bits per heavy atom. The van der Waals surface area contributed by atoms with Gasteiger partial charge in [-0.15, -0.1) is 5.10 Å². The average molecular weight is 299 g/mol. The maximum absolute atomic E-state index is 4.37. The highest BCUT2D eigenvalue weighted by Gasteiger charge is 2.06. The minimum Gasteiger partial charge on any atom is -0.318 e. The van der Waals surface area contributed by atoms with Gasteiger partial charge in [0.25, 0.3) is 0 Å². The van der Waals surface area contributed by atoms with Gasteiger partial charge in [0.15, 0.2) is 0 Å². The Balaban J connectivity index is 2.01. The fourth-order valence-corrected chi connectivity index (χ4v) is 3.27. The molecular formula is C15H17N5S. The topological polar surface area (TPSA) is 47.5 Å². The van der Waals surface area contributed by atoms with Crippen LogP contribution in [-0.2, 0) is 14.1 Å². The number of para-hydroxylation sites is 1. The molecule has 2 heterocycles. The molecule has 0 spiro atoms. The molecule has 3 aromatic rings. The highest BCUT2D eigenvalue weighted by atomic mass is 32.1. The molecule has 0 fully saturated rings. The van der Waals surface area contributed by atoms with E-state index in [2.05, 4.69) is 32.0 Å². The van der Waals surface area contributed by atoms with Gasteiger partial charge in [-0.1, -0.05) is 23.5 Å². The Labute approximate surface area is 126 Å². The highest BCUT2D eigenvalue weighted by Crippen LogP contribution is 2.15. The maximum atomic E-state index is 4.37. The third-order valence-corrected chi connectivity index (χ3v) is 4.71. The predicted molar refractivity (Wildman–Crippen MR) is 86.6 cm³/mol. The highest BCUT2D eigenvalue weighted by molar-refractivity contribution is 7.16. The summed E-state index contributed by atoms with van der Waals surface area (Å²) in [7, 11) is 3.94. The first-order valence-electron chi connectivity index (χ1n) is 6.69. The lowest BCUT2D eigenvalue weighted by molar-refractivity contribution is 0.731. The van der Waals surface area contributed by atoms with Crippen LogP contribution in [-0.4, -0.2) is 20.6 Å². The molecule has 0 aliphatic rings. The molecule has 0 unspecified atom stereocenters. The van der Waals surface area contributed by atoms with Gasteiger partial charge in [-0.25, -0.2) is 0 Å². The van der Waals surface area contributed by atoms with Gasteiger partial charge in [0, 0.05) is 25.4 Å². The molecule has 1 aromatic carbocycles. The van der Waals surface area contributed by atoms with Gasteiger partial charge in [0.2, 0.25) is 4.80 Å². The van der Waals surface area contributed by atoms with Crippen LogP contribution in [0, 0.1) is 13.8 Å². The van der Waals surface area contributed by atoms with E-state index in [1.807, 2.05) is 44.8 Å². The zero-order valence-corrected chi connectivity index (χ0v) is 13.3. The van der Waals surface area contributed by atoms with Gasteiger partial charge >= 0.3 is 0 Å². The van der Waals surface area contributed by atoms with Crippen molar-refractivity contribution in [1.82, 2.24) is 14.3 Å². The van der Waals surface area contributed by atoms with Crippen LogP contribution in [0.4, 0.5) is 0 Å². The van der Waals surface area contributed by atoms with E-state index in [0.717, 1.165) is 21.8 Å². The van der Waals surface area contributed by atoms with E-state index in [9.17, 15) is 0 Å². The summed E-state index contributed by atoms with van der Waals surface area (Å²) in [6, 6.07) is 8.25. The quantitative estimate of drug-likeness (QED) is 0.530. The Bertz CT molecular complexity index is 895. The number of aryl methyl sites for hydroxylation is 3. The summed E-state index contributed by atoms with van der Waals surface area (Å²) in [5.74, 6) is 0. The van der Waals surface area contributed by atoms with E-state index in [4.69, 9.17) is 0 Å². The molecule has 0 amide bonds. The van der Waals surface area contributed by atoms with Gasteiger partial charge in [-0.3, -0.25) is 4.68 Å². The lowest BCUT2D eigenvalue weighted by atomic mass is 10.2. The van der Waals surface area contributed by atoms with Crippen molar-refractivity contribution >= 4 is 27.8 Å². The second-order valence-corrected chi connectivity index (χ2v) is 5.97. The fourth-order valence-electron chi connectivity index (χ4n) is 2.29. The van der Waals surface area contributed by atoms with E-state index < -0.39 is 0 Å². The number of aromatic nitrogens is 3. The summed E-state index contributed by atoms with van der Waals surface area (Å²) in [6.07, 6.45) is 1.78. The third kappa shape index (κ3) is 2.42. The second-order valence-electron chi connectivity index (χ2n) is 4.96. The lowest BCUT2D eigenvalue weighted by Gasteiger charge is -1.93. The molecule has 0 radical (unpaired) electrons. The monoisotopic (exact) mass is 299 g/mol. The van der Waals surface area contributed by atoms with Crippen molar-refractivity contribution in [3.8, 4) is 0 Å². The van der Waals surface area contributed by atoms with Gasteiger partial charge in [-0.2, -0.15) is 10.2 Å². The zero-order chi connectivity index (χ0) is 15.0. The van der Waals surface area contributed by atoms with E-state index in [-0.39, 0.29) is 0 Å². The summed E-state index contributed by atoms with van der Waals surface area (Å²) >= 11 is 1.63. The van der Waals surface area contributed by atoms with E-state index >= 15 is 0 Å². The molecule has 0 atom stereocenters. The normalized spacial score (nSPS) is 12.9. The second kappa shape index (κ2) is 5.29. The third-order valence-electron chi connectivity index (χ3n) is 3.61. The van der Waals surface area contributed by atoms with E-state index in [1.165, 1.54) is 10.2 Å². The van der Waals surface area contributed by atoms with Crippen LogP contribution in [0.15, 0.2) is 34.5 Å². The van der Waals surface area contributed by atoms with Gasteiger partial charge in [0.05, 0.1) is 22.1 Å². The van der Waals surface area contributed by atoms with E-state index in [0.29, 0.717) is 0 Å². The molecule has 0 aliphatic carbocycles. The molecule has 0 bridgehead atoms. The van der Waals surface area contributed by atoms with Crippen molar-refractivity contribution in [2.45, 2.75) is 13.8 Å². The van der Waals surface area contributed by atoms with Crippen molar-refractivity contribution in [2.24, 2.45) is 24.3 Å². The van der Waals surface area contributed by atoms with Crippen molar-refractivity contribution in [1.29, 1.82) is 0 Å². The predicted octanol–water partition coefficient (Wildman–Crippen LogP) is 2.52. The molecule has 6 heteroatoms. The van der Waals surface area contributed by atoms with Crippen LogP contribution in [0.25, 0.3) is 10.2 Å². The van der Waals surface area contributed by atoms with Crippen LogP contribution < -0.4 is 4.80 Å². The smallest absolute Gasteiger partial charge is 0.211 e. The molecule has 0 aliphatic heterocycles. The first kappa shape index (κ1) is 13.8. The molecule has 2 aromatic heterocycles. The number of thiazole rings is 1. The average Bonchev–Trinajstić information content (AvgIpc) is 2.91.